The molecular weight excluding hydrogens is 190 g/mol. The Bertz CT molecular complexity index is 343. The Balaban J connectivity index is 2.81. The summed E-state index contributed by atoms with van der Waals surface area (Å²) in [6.07, 6.45) is 0. The molecule has 0 fully saturated rings. The Hall–Kier alpha value is -1.55. The largest absolute Gasteiger partial charge is 0.365 e. The van der Waals surface area contributed by atoms with E-state index in [4.69, 9.17) is 5.84 Å². The van der Waals surface area contributed by atoms with Gasteiger partial charge in [0, 0.05) is 12.7 Å². The van der Waals surface area contributed by atoms with E-state index in [1.165, 1.54) is 11.1 Å². The molecule has 0 aliphatic heterocycles. The predicted octanol–water partition coefficient (Wildman–Crippen LogP) is 0.730. The van der Waals surface area contributed by atoms with Gasteiger partial charge in [0.15, 0.2) is 0 Å². The molecule has 0 spiro atoms. The number of hydrogen-bond donors (Lipinski definition) is 2. The van der Waals surface area contributed by atoms with Gasteiger partial charge < -0.3 is 4.90 Å². The van der Waals surface area contributed by atoms with Crippen LogP contribution in [-0.2, 0) is 4.79 Å². The molecule has 3 N–H and O–H groups in total. The number of hydrazine groups is 1. The molecule has 1 aromatic rings. The number of carbonyl (C=O) groups is 1. The van der Waals surface area contributed by atoms with E-state index >= 15 is 0 Å². The van der Waals surface area contributed by atoms with Crippen LogP contribution in [0.5, 0.6) is 0 Å². The Kier molecular flexibility index (Phi) is 3.68. The van der Waals surface area contributed by atoms with Crippen molar-refractivity contribution < 1.29 is 4.79 Å². The third-order valence-electron chi connectivity index (χ3n) is 2.19. The molecule has 4 heteroatoms. The summed E-state index contributed by atoms with van der Waals surface area (Å²) >= 11 is 0. The van der Waals surface area contributed by atoms with Crippen molar-refractivity contribution >= 4 is 11.6 Å². The van der Waals surface area contributed by atoms with Crippen LogP contribution in [0, 0.1) is 13.8 Å². The van der Waals surface area contributed by atoms with Crippen LogP contribution >= 0.6 is 0 Å². The van der Waals surface area contributed by atoms with Gasteiger partial charge in [-0.05, 0) is 37.1 Å². The van der Waals surface area contributed by atoms with Crippen molar-refractivity contribution in [1.29, 1.82) is 0 Å². The number of nitrogens with one attached hydrogen (secondary N) is 1. The standard InChI is InChI=1S/C11H17N3O/c1-8-4-9(2)6-10(5-8)14(3)7-11(15)13-12/h4-6H,7,12H2,1-3H3,(H,13,15). The van der Waals surface area contributed by atoms with Gasteiger partial charge in [-0.3, -0.25) is 10.2 Å². The fourth-order valence-corrected chi connectivity index (χ4v) is 1.52. The molecule has 0 saturated heterocycles. The lowest BCUT2D eigenvalue weighted by Crippen LogP contribution is -2.38. The van der Waals surface area contributed by atoms with Crippen LogP contribution < -0.4 is 16.2 Å². The average molecular weight is 207 g/mol. The van der Waals surface area contributed by atoms with Crippen molar-refractivity contribution in [2.45, 2.75) is 13.8 Å². The number of anilines is 1. The predicted molar refractivity (Wildman–Crippen MR) is 61.5 cm³/mol. The smallest absolute Gasteiger partial charge is 0.253 e. The maximum absolute atomic E-state index is 11.1. The van der Waals surface area contributed by atoms with E-state index in [0.717, 1.165) is 5.69 Å². The first-order valence-electron chi connectivity index (χ1n) is 4.82. The number of likely N-dealkylation sites (N-methyl/N-ethyl adjacent to an activating group) is 1. The van der Waals surface area contributed by atoms with E-state index in [9.17, 15) is 4.79 Å². The van der Waals surface area contributed by atoms with Crippen molar-refractivity contribution in [3.63, 3.8) is 0 Å². The highest BCUT2D eigenvalue weighted by Crippen LogP contribution is 2.16. The molecule has 82 valence electrons. The lowest BCUT2D eigenvalue weighted by atomic mass is 10.1. The molecule has 1 amide bonds. The normalized spacial score (nSPS) is 9.87. The maximum Gasteiger partial charge on any atom is 0.253 e. The number of benzene rings is 1. The third-order valence-corrected chi connectivity index (χ3v) is 2.19. The number of carbonyl (C=O) groups excluding carboxylic acids is 1. The topological polar surface area (TPSA) is 58.4 Å². The number of amides is 1. The van der Waals surface area contributed by atoms with Gasteiger partial charge in [0.05, 0.1) is 6.54 Å². The molecular formula is C11H17N3O. The minimum atomic E-state index is -0.198. The van der Waals surface area contributed by atoms with Crippen LogP contribution in [0.25, 0.3) is 0 Å². The quantitative estimate of drug-likeness (QED) is 0.436. The second-order valence-electron chi connectivity index (χ2n) is 3.77. The van der Waals surface area contributed by atoms with Gasteiger partial charge in [-0.2, -0.15) is 0 Å². The molecule has 1 rings (SSSR count). The number of nitrogens with two attached hydrogens (primary N) is 1. The zero-order chi connectivity index (χ0) is 11.4. The van der Waals surface area contributed by atoms with E-state index in [2.05, 4.69) is 11.5 Å². The molecule has 0 aliphatic carbocycles. The highest BCUT2D eigenvalue weighted by Gasteiger charge is 2.06. The van der Waals surface area contributed by atoms with Crippen molar-refractivity contribution in [3.05, 3.63) is 29.3 Å². The van der Waals surface area contributed by atoms with Gasteiger partial charge in [0.1, 0.15) is 0 Å². The van der Waals surface area contributed by atoms with Crippen molar-refractivity contribution in [1.82, 2.24) is 5.43 Å². The van der Waals surface area contributed by atoms with E-state index < -0.39 is 0 Å². The summed E-state index contributed by atoms with van der Waals surface area (Å²) in [4.78, 5) is 13.0. The number of hydrogen-bond acceptors (Lipinski definition) is 3. The van der Waals surface area contributed by atoms with Crippen LogP contribution in [0.3, 0.4) is 0 Å². The summed E-state index contributed by atoms with van der Waals surface area (Å²) in [6, 6.07) is 6.17. The molecule has 0 saturated carbocycles. The van der Waals surface area contributed by atoms with E-state index in [-0.39, 0.29) is 12.5 Å². The first-order valence-corrected chi connectivity index (χ1v) is 4.82. The first kappa shape index (κ1) is 11.5. The van der Waals surface area contributed by atoms with Crippen LogP contribution in [0.4, 0.5) is 5.69 Å². The van der Waals surface area contributed by atoms with Gasteiger partial charge in [-0.25, -0.2) is 5.84 Å². The summed E-state index contributed by atoms with van der Waals surface area (Å²) in [5.74, 6) is 4.83. The van der Waals surface area contributed by atoms with E-state index in [1.807, 2.05) is 37.9 Å². The van der Waals surface area contributed by atoms with E-state index in [1.54, 1.807) is 0 Å². The number of aryl methyl sites for hydroxylation is 2. The van der Waals surface area contributed by atoms with Crippen LogP contribution in [-0.4, -0.2) is 19.5 Å². The molecule has 15 heavy (non-hydrogen) atoms. The fraction of sp³-hybridized carbons (Fsp3) is 0.364. The molecule has 0 aliphatic rings. The zero-order valence-corrected chi connectivity index (χ0v) is 9.37. The second-order valence-corrected chi connectivity index (χ2v) is 3.77. The Morgan fingerprint density at radius 3 is 2.33 bits per heavy atom. The Morgan fingerprint density at radius 1 is 1.33 bits per heavy atom. The van der Waals surface area contributed by atoms with E-state index in [0.29, 0.717) is 0 Å². The summed E-state index contributed by atoms with van der Waals surface area (Å²) in [5.41, 5.74) is 5.51. The van der Waals surface area contributed by atoms with Crippen molar-refractivity contribution in [2.75, 3.05) is 18.5 Å². The highest BCUT2D eigenvalue weighted by molar-refractivity contribution is 5.80. The average Bonchev–Trinajstić information content (AvgIpc) is 2.16. The van der Waals surface area contributed by atoms with Gasteiger partial charge in [0.2, 0.25) is 0 Å². The van der Waals surface area contributed by atoms with Crippen LogP contribution in [0.2, 0.25) is 0 Å². The van der Waals surface area contributed by atoms with Crippen LogP contribution in [0.1, 0.15) is 11.1 Å². The Morgan fingerprint density at radius 2 is 1.87 bits per heavy atom. The molecule has 0 atom stereocenters. The SMILES string of the molecule is Cc1cc(C)cc(N(C)CC(=O)NN)c1. The maximum atomic E-state index is 11.1. The number of nitrogens with zero attached hydrogens (tertiary/aromatic N) is 1. The van der Waals surface area contributed by atoms with Crippen molar-refractivity contribution in [3.8, 4) is 0 Å². The minimum absolute atomic E-state index is 0.198. The third kappa shape index (κ3) is 3.25. The lowest BCUT2D eigenvalue weighted by Gasteiger charge is -2.19. The molecule has 1 aromatic carbocycles. The molecule has 0 unspecified atom stereocenters. The minimum Gasteiger partial charge on any atom is -0.365 e. The molecule has 0 radical (unpaired) electrons. The van der Waals surface area contributed by atoms with Gasteiger partial charge in [-0.1, -0.05) is 6.07 Å². The lowest BCUT2D eigenvalue weighted by molar-refractivity contribution is -0.119. The second kappa shape index (κ2) is 4.79. The summed E-state index contributed by atoms with van der Waals surface area (Å²) in [6.45, 7) is 4.33. The first-order chi connectivity index (χ1) is 7.02. The van der Waals surface area contributed by atoms with Crippen LogP contribution in [0.15, 0.2) is 18.2 Å². The fourth-order valence-electron chi connectivity index (χ4n) is 1.52. The van der Waals surface area contributed by atoms with Crippen molar-refractivity contribution in [2.24, 2.45) is 5.84 Å². The number of rotatable bonds is 3. The summed E-state index contributed by atoms with van der Waals surface area (Å²) < 4.78 is 0. The van der Waals surface area contributed by atoms with Gasteiger partial charge >= 0.3 is 0 Å². The van der Waals surface area contributed by atoms with Gasteiger partial charge in [0.25, 0.3) is 5.91 Å². The van der Waals surface area contributed by atoms with Gasteiger partial charge in [-0.15, -0.1) is 0 Å². The molecule has 0 bridgehead atoms. The monoisotopic (exact) mass is 207 g/mol. The molecule has 0 heterocycles. The summed E-state index contributed by atoms with van der Waals surface area (Å²) in [7, 11) is 1.86. The summed E-state index contributed by atoms with van der Waals surface area (Å²) in [5, 5.41) is 0. The molecule has 4 nitrogen and oxygen atoms in total. The highest BCUT2D eigenvalue weighted by atomic mass is 16.2. The zero-order valence-electron chi connectivity index (χ0n) is 9.37. The Labute approximate surface area is 90.0 Å². The molecule has 0 aromatic heterocycles.